The first-order valence-corrected chi connectivity index (χ1v) is 6.52. The van der Waals surface area contributed by atoms with Gasteiger partial charge in [-0.25, -0.2) is 0 Å². The summed E-state index contributed by atoms with van der Waals surface area (Å²) in [4.78, 5) is 12.4. The first kappa shape index (κ1) is 15.9. The number of benzene rings is 1. The van der Waals surface area contributed by atoms with E-state index in [4.69, 9.17) is 11.0 Å². The molecule has 1 aromatic rings. The molecule has 0 heterocycles. The van der Waals surface area contributed by atoms with Gasteiger partial charge in [0.2, 0.25) is 0 Å². The number of hydrogen-bond donors (Lipinski definition) is 1. The minimum Gasteiger partial charge on any atom is -0.369 e. The zero-order valence-electron chi connectivity index (χ0n) is 12.0. The molecule has 0 aliphatic carbocycles. The van der Waals surface area contributed by atoms with Crippen molar-refractivity contribution in [1.82, 2.24) is 0 Å². The molecule has 20 heavy (non-hydrogen) atoms. The quantitative estimate of drug-likeness (QED) is 0.635. The number of nitrogens with zero attached hydrogens (tertiary/aromatic N) is 3. The van der Waals surface area contributed by atoms with Crippen LogP contribution in [0, 0.1) is 27.4 Å². The average Bonchev–Trinajstić information content (AvgIpc) is 2.43. The van der Waals surface area contributed by atoms with E-state index >= 15 is 0 Å². The molecule has 1 unspecified atom stereocenters. The normalized spacial score (nSPS) is 12.0. The van der Waals surface area contributed by atoms with Crippen molar-refractivity contribution in [3.8, 4) is 6.07 Å². The Morgan fingerprint density at radius 1 is 1.50 bits per heavy atom. The van der Waals surface area contributed by atoms with Crippen molar-refractivity contribution in [1.29, 1.82) is 5.26 Å². The maximum Gasteiger partial charge on any atom is 0.293 e. The van der Waals surface area contributed by atoms with E-state index in [0.29, 0.717) is 18.2 Å². The van der Waals surface area contributed by atoms with Crippen molar-refractivity contribution in [2.24, 2.45) is 11.7 Å². The van der Waals surface area contributed by atoms with Crippen molar-refractivity contribution >= 4 is 11.4 Å². The van der Waals surface area contributed by atoms with Gasteiger partial charge in [0.05, 0.1) is 16.6 Å². The molecule has 0 aromatic heterocycles. The molecule has 1 atom stereocenters. The molecule has 0 saturated heterocycles. The zero-order valence-corrected chi connectivity index (χ0v) is 12.0. The summed E-state index contributed by atoms with van der Waals surface area (Å²) in [5.41, 5.74) is 6.72. The van der Waals surface area contributed by atoms with Crippen molar-refractivity contribution < 1.29 is 4.92 Å². The highest BCUT2D eigenvalue weighted by Gasteiger charge is 2.18. The first-order chi connectivity index (χ1) is 9.36. The Balaban J connectivity index is 2.90. The molecule has 1 aromatic carbocycles. The Hall–Kier alpha value is -2.13. The van der Waals surface area contributed by atoms with Crippen molar-refractivity contribution in [3.05, 3.63) is 33.9 Å². The maximum absolute atomic E-state index is 11.1. The van der Waals surface area contributed by atoms with Crippen LogP contribution >= 0.6 is 0 Å². The summed E-state index contributed by atoms with van der Waals surface area (Å²) in [6, 6.07) is 6.47. The third-order valence-electron chi connectivity index (χ3n) is 3.37. The summed E-state index contributed by atoms with van der Waals surface area (Å²) in [5.74, 6) is 0.374. The maximum atomic E-state index is 11.1. The van der Waals surface area contributed by atoms with Gasteiger partial charge in [-0.2, -0.15) is 5.26 Å². The van der Waals surface area contributed by atoms with E-state index in [1.807, 2.05) is 11.0 Å². The van der Waals surface area contributed by atoms with Crippen LogP contribution in [0.2, 0.25) is 0 Å². The van der Waals surface area contributed by atoms with Crippen LogP contribution in [0.3, 0.4) is 0 Å². The van der Waals surface area contributed by atoms with Gasteiger partial charge in [-0.3, -0.25) is 10.1 Å². The lowest BCUT2D eigenvalue weighted by Crippen LogP contribution is -2.32. The highest BCUT2D eigenvalue weighted by Crippen LogP contribution is 2.28. The molecular formula is C14H20N4O2. The number of nitrogens with two attached hydrogens (primary N) is 1. The highest BCUT2D eigenvalue weighted by molar-refractivity contribution is 5.65. The fraction of sp³-hybridized carbons (Fsp3) is 0.500. The summed E-state index contributed by atoms with van der Waals surface area (Å²) in [7, 11) is 1.79. The Morgan fingerprint density at radius 3 is 2.65 bits per heavy atom. The van der Waals surface area contributed by atoms with Gasteiger partial charge in [0, 0.05) is 25.7 Å². The fourth-order valence-corrected chi connectivity index (χ4v) is 1.86. The van der Waals surface area contributed by atoms with Crippen molar-refractivity contribution in [3.63, 3.8) is 0 Å². The van der Waals surface area contributed by atoms with E-state index in [1.165, 1.54) is 6.07 Å². The van der Waals surface area contributed by atoms with Gasteiger partial charge in [-0.15, -0.1) is 0 Å². The Morgan fingerprint density at radius 2 is 2.15 bits per heavy atom. The average molecular weight is 276 g/mol. The second-order valence-corrected chi connectivity index (χ2v) is 5.19. The van der Waals surface area contributed by atoms with E-state index in [-0.39, 0.29) is 17.3 Å². The molecule has 0 fully saturated rings. The van der Waals surface area contributed by atoms with Crippen LogP contribution in [0.25, 0.3) is 0 Å². The van der Waals surface area contributed by atoms with Crippen LogP contribution in [0.1, 0.15) is 25.8 Å². The molecule has 0 radical (unpaired) electrons. The second kappa shape index (κ2) is 6.87. The van der Waals surface area contributed by atoms with Crippen LogP contribution < -0.4 is 10.6 Å². The second-order valence-electron chi connectivity index (χ2n) is 5.19. The molecule has 0 saturated carbocycles. The number of nitro benzene ring substituents is 1. The number of nitriles is 1. The molecule has 0 bridgehead atoms. The lowest BCUT2D eigenvalue weighted by atomic mass is 10.0. The molecule has 2 N–H and O–H groups in total. The minimum absolute atomic E-state index is 0.0512. The summed E-state index contributed by atoms with van der Waals surface area (Å²) in [6.45, 7) is 4.73. The van der Waals surface area contributed by atoms with E-state index < -0.39 is 4.92 Å². The molecule has 108 valence electrons. The monoisotopic (exact) mass is 276 g/mol. The smallest absolute Gasteiger partial charge is 0.293 e. The van der Waals surface area contributed by atoms with Crippen molar-refractivity contribution in [2.45, 2.75) is 26.3 Å². The van der Waals surface area contributed by atoms with Gasteiger partial charge in [-0.1, -0.05) is 13.8 Å². The highest BCUT2D eigenvalue weighted by atomic mass is 16.6. The lowest BCUT2D eigenvalue weighted by Gasteiger charge is -2.23. The molecule has 0 amide bonds. The van der Waals surface area contributed by atoms with E-state index in [9.17, 15) is 10.1 Å². The van der Waals surface area contributed by atoms with Crippen molar-refractivity contribution in [2.75, 3.05) is 18.5 Å². The Bertz CT molecular complexity index is 522. The van der Waals surface area contributed by atoms with Gasteiger partial charge in [0.25, 0.3) is 5.69 Å². The third kappa shape index (κ3) is 3.93. The third-order valence-corrected chi connectivity index (χ3v) is 3.37. The number of nitro groups is 1. The fourth-order valence-electron chi connectivity index (χ4n) is 1.86. The molecule has 0 aliphatic rings. The molecule has 0 spiro atoms. The summed E-state index contributed by atoms with van der Waals surface area (Å²) in [5, 5.41) is 19.9. The first-order valence-electron chi connectivity index (χ1n) is 6.52. The van der Waals surface area contributed by atoms with Gasteiger partial charge in [0.1, 0.15) is 5.69 Å². The Kier molecular flexibility index (Phi) is 5.47. The lowest BCUT2D eigenvalue weighted by molar-refractivity contribution is -0.384. The van der Waals surface area contributed by atoms with Crippen LogP contribution in [0.15, 0.2) is 18.2 Å². The van der Waals surface area contributed by atoms with Crippen LogP contribution in [-0.4, -0.2) is 24.6 Å². The van der Waals surface area contributed by atoms with E-state index in [1.54, 1.807) is 19.2 Å². The predicted octanol–water partition coefficient (Wildman–Crippen LogP) is 2.28. The molecule has 1 rings (SSSR count). The summed E-state index contributed by atoms with van der Waals surface area (Å²) < 4.78 is 0. The van der Waals surface area contributed by atoms with Gasteiger partial charge < -0.3 is 10.6 Å². The minimum atomic E-state index is -0.463. The summed E-state index contributed by atoms with van der Waals surface area (Å²) >= 11 is 0. The topological polar surface area (TPSA) is 96.2 Å². The van der Waals surface area contributed by atoms with Gasteiger partial charge in [-0.05, 0) is 24.5 Å². The number of anilines is 1. The zero-order chi connectivity index (χ0) is 15.3. The van der Waals surface area contributed by atoms with Crippen LogP contribution in [0.5, 0.6) is 0 Å². The largest absolute Gasteiger partial charge is 0.369 e. The van der Waals surface area contributed by atoms with E-state index in [0.717, 1.165) is 6.42 Å². The van der Waals surface area contributed by atoms with Gasteiger partial charge in [0.15, 0.2) is 0 Å². The molecule has 6 heteroatoms. The SMILES string of the molecule is CC(C)C(N)CCN(C)c1ccc(C#N)cc1[N+](=O)[O-]. The number of rotatable bonds is 6. The van der Waals surface area contributed by atoms with Crippen LogP contribution in [-0.2, 0) is 0 Å². The molecular weight excluding hydrogens is 256 g/mol. The van der Waals surface area contributed by atoms with Gasteiger partial charge >= 0.3 is 0 Å². The predicted molar refractivity (Wildman–Crippen MR) is 78.5 cm³/mol. The molecule has 0 aliphatic heterocycles. The van der Waals surface area contributed by atoms with E-state index in [2.05, 4.69) is 13.8 Å². The summed E-state index contributed by atoms with van der Waals surface area (Å²) in [6.07, 6.45) is 0.755. The van der Waals surface area contributed by atoms with Crippen LogP contribution in [0.4, 0.5) is 11.4 Å². The standard InChI is InChI=1S/C14H20N4O2/c1-10(2)12(16)6-7-17(3)13-5-4-11(9-15)8-14(13)18(19)20/h4-5,8,10,12H,6-7,16H2,1-3H3. The molecule has 6 nitrogen and oxygen atoms in total. The number of hydrogen-bond acceptors (Lipinski definition) is 5. The Labute approximate surface area is 118 Å².